The van der Waals surface area contributed by atoms with Crippen molar-refractivity contribution in [2.45, 2.75) is 32.9 Å². The third-order valence-electron chi connectivity index (χ3n) is 3.07. The van der Waals surface area contributed by atoms with Crippen LogP contribution in [0.5, 0.6) is 0 Å². The van der Waals surface area contributed by atoms with Crippen LogP contribution in [0.1, 0.15) is 30.5 Å². The maximum absolute atomic E-state index is 6.02. The molecule has 0 spiro atoms. The fraction of sp³-hybridized carbons (Fsp3) is 0.500. The Morgan fingerprint density at radius 2 is 2.20 bits per heavy atom. The molecule has 2 unspecified atom stereocenters. The molecular weight excluding hydrogens is 294 g/mol. The summed E-state index contributed by atoms with van der Waals surface area (Å²) in [5, 5.41) is 3.39. The summed E-state index contributed by atoms with van der Waals surface area (Å²) in [5.41, 5.74) is 0.992. The van der Waals surface area contributed by atoms with Gasteiger partial charge in [-0.1, -0.05) is 11.6 Å². The fourth-order valence-electron chi connectivity index (χ4n) is 2.12. The second-order valence-electron chi connectivity index (χ2n) is 4.93. The van der Waals surface area contributed by atoms with Crippen molar-refractivity contribution in [2.75, 3.05) is 19.0 Å². The predicted octanol–water partition coefficient (Wildman–Crippen LogP) is 3.96. The van der Waals surface area contributed by atoms with E-state index in [1.54, 1.807) is 18.4 Å². The van der Waals surface area contributed by atoms with Crippen LogP contribution in [0.15, 0.2) is 18.3 Å². The SMILES string of the molecule is COCC(C)Nc1nc(C)cn1C(C)c1ccc(Cl)s1. The molecule has 0 aliphatic carbocycles. The Bertz CT molecular complexity index is 567. The molecule has 110 valence electrons. The van der Waals surface area contributed by atoms with Gasteiger partial charge in [-0.2, -0.15) is 0 Å². The first-order valence-electron chi connectivity index (χ1n) is 6.57. The van der Waals surface area contributed by atoms with Crippen LogP contribution in [-0.2, 0) is 4.74 Å². The average molecular weight is 314 g/mol. The first-order valence-corrected chi connectivity index (χ1v) is 7.77. The third kappa shape index (κ3) is 3.53. The van der Waals surface area contributed by atoms with Crippen molar-refractivity contribution in [3.8, 4) is 0 Å². The second kappa shape index (κ2) is 6.61. The van der Waals surface area contributed by atoms with Crippen molar-refractivity contribution in [1.82, 2.24) is 9.55 Å². The molecule has 2 aromatic heterocycles. The van der Waals surface area contributed by atoms with Gasteiger partial charge in [0.05, 0.1) is 22.7 Å². The number of nitrogens with one attached hydrogen (secondary N) is 1. The molecule has 0 saturated carbocycles. The topological polar surface area (TPSA) is 39.1 Å². The van der Waals surface area contributed by atoms with Crippen LogP contribution in [-0.4, -0.2) is 29.3 Å². The molecule has 0 amide bonds. The van der Waals surface area contributed by atoms with Crippen molar-refractivity contribution in [1.29, 1.82) is 0 Å². The van der Waals surface area contributed by atoms with Gasteiger partial charge >= 0.3 is 0 Å². The molecule has 0 fully saturated rings. The van der Waals surface area contributed by atoms with E-state index in [-0.39, 0.29) is 12.1 Å². The van der Waals surface area contributed by atoms with Crippen LogP contribution in [0.25, 0.3) is 0 Å². The highest BCUT2D eigenvalue weighted by atomic mass is 35.5. The molecule has 0 aliphatic heterocycles. The smallest absolute Gasteiger partial charge is 0.203 e. The molecule has 2 atom stereocenters. The van der Waals surface area contributed by atoms with Gasteiger partial charge in [0.15, 0.2) is 0 Å². The lowest BCUT2D eigenvalue weighted by atomic mass is 10.2. The van der Waals surface area contributed by atoms with E-state index in [9.17, 15) is 0 Å². The molecular formula is C14H20ClN3OS. The summed E-state index contributed by atoms with van der Waals surface area (Å²) in [5.74, 6) is 0.865. The predicted molar refractivity (Wildman–Crippen MR) is 85.1 cm³/mol. The maximum Gasteiger partial charge on any atom is 0.203 e. The molecule has 2 heterocycles. The van der Waals surface area contributed by atoms with E-state index in [1.165, 1.54) is 4.88 Å². The minimum atomic E-state index is 0.200. The number of rotatable bonds is 6. The molecule has 2 aromatic rings. The Morgan fingerprint density at radius 3 is 2.80 bits per heavy atom. The number of anilines is 1. The summed E-state index contributed by atoms with van der Waals surface area (Å²) in [6.45, 7) is 6.86. The molecule has 0 aromatic carbocycles. The lowest BCUT2D eigenvalue weighted by Gasteiger charge is -2.18. The molecule has 4 nitrogen and oxygen atoms in total. The van der Waals surface area contributed by atoms with E-state index in [0.29, 0.717) is 6.61 Å². The number of hydrogen-bond donors (Lipinski definition) is 1. The van der Waals surface area contributed by atoms with Crippen LogP contribution in [0.2, 0.25) is 4.34 Å². The fourth-order valence-corrected chi connectivity index (χ4v) is 3.23. The van der Waals surface area contributed by atoms with Gasteiger partial charge in [-0.05, 0) is 32.9 Å². The van der Waals surface area contributed by atoms with Gasteiger partial charge in [0.1, 0.15) is 0 Å². The molecule has 0 aliphatic rings. The van der Waals surface area contributed by atoms with Gasteiger partial charge in [-0.25, -0.2) is 4.98 Å². The standard InChI is InChI=1S/C14H20ClN3OS/c1-9-7-18(11(3)12-5-6-13(15)20-12)14(16-9)17-10(2)8-19-4/h5-7,10-11H,8H2,1-4H3,(H,16,17). The molecule has 2 rings (SSSR count). The monoisotopic (exact) mass is 313 g/mol. The van der Waals surface area contributed by atoms with Crippen molar-refractivity contribution in [2.24, 2.45) is 0 Å². The minimum absolute atomic E-state index is 0.200. The number of halogens is 1. The van der Waals surface area contributed by atoms with E-state index < -0.39 is 0 Å². The van der Waals surface area contributed by atoms with Crippen molar-refractivity contribution in [3.63, 3.8) is 0 Å². The second-order valence-corrected chi connectivity index (χ2v) is 6.68. The summed E-state index contributed by atoms with van der Waals surface area (Å²) in [6, 6.07) is 4.41. The zero-order valence-electron chi connectivity index (χ0n) is 12.2. The van der Waals surface area contributed by atoms with Crippen molar-refractivity contribution in [3.05, 3.63) is 33.2 Å². The first-order chi connectivity index (χ1) is 9.51. The summed E-state index contributed by atoms with van der Waals surface area (Å²) in [4.78, 5) is 5.77. The van der Waals surface area contributed by atoms with Gasteiger partial charge < -0.3 is 14.6 Å². The first kappa shape index (κ1) is 15.4. The number of methoxy groups -OCH3 is 1. The number of aromatic nitrogens is 2. The van der Waals surface area contributed by atoms with E-state index in [2.05, 4.69) is 41.0 Å². The molecule has 20 heavy (non-hydrogen) atoms. The van der Waals surface area contributed by atoms with E-state index >= 15 is 0 Å². The number of thiophene rings is 1. The Labute approximate surface area is 128 Å². The van der Waals surface area contributed by atoms with Gasteiger partial charge in [-0.15, -0.1) is 11.3 Å². The number of hydrogen-bond acceptors (Lipinski definition) is 4. The summed E-state index contributed by atoms with van der Waals surface area (Å²) in [7, 11) is 1.70. The van der Waals surface area contributed by atoms with Gasteiger partial charge in [0.2, 0.25) is 5.95 Å². The summed E-state index contributed by atoms with van der Waals surface area (Å²) < 4.78 is 8.11. The Kier molecular flexibility index (Phi) is 5.07. The highest BCUT2D eigenvalue weighted by Crippen LogP contribution is 2.31. The van der Waals surface area contributed by atoms with Crippen molar-refractivity contribution >= 4 is 28.9 Å². The highest BCUT2D eigenvalue weighted by molar-refractivity contribution is 7.16. The minimum Gasteiger partial charge on any atom is -0.383 e. The summed E-state index contributed by atoms with van der Waals surface area (Å²) in [6.07, 6.45) is 2.06. The molecule has 0 saturated heterocycles. The maximum atomic E-state index is 6.02. The van der Waals surface area contributed by atoms with Crippen LogP contribution >= 0.6 is 22.9 Å². The Hall–Kier alpha value is -1.04. The normalized spacial score (nSPS) is 14.2. The molecule has 6 heteroatoms. The zero-order chi connectivity index (χ0) is 14.7. The van der Waals surface area contributed by atoms with E-state index in [1.807, 2.05) is 13.0 Å². The quantitative estimate of drug-likeness (QED) is 0.877. The lowest BCUT2D eigenvalue weighted by molar-refractivity contribution is 0.190. The van der Waals surface area contributed by atoms with Crippen LogP contribution < -0.4 is 5.32 Å². The zero-order valence-corrected chi connectivity index (χ0v) is 13.8. The molecule has 0 bridgehead atoms. The van der Waals surface area contributed by atoms with E-state index in [0.717, 1.165) is 16.0 Å². The average Bonchev–Trinajstić information content (AvgIpc) is 2.95. The van der Waals surface area contributed by atoms with Gasteiger partial charge in [-0.3, -0.25) is 0 Å². The van der Waals surface area contributed by atoms with Gasteiger partial charge in [0, 0.05) is 24.2 Å². The largest absolute Gasteiger partial charge is 0.383 e. The number of aryl methyl sites for hydroxylation is 1. The van der Waals surface area contributed by atoms with Crippen molar-refractivity contribution < 1.29 is 4.74 Å². The number of ether oxygens (including phenoxy) is 1. The number of nitrogens with zero attached hydrogens (tertiary/aromatic N) is 2. The van der Waals surface area contributed by atoms with Crippen LogP contribution in [0.3, 0.4) is 0 Å². The Balaban J connectivity index is 2.22. The molecule has 0 radical (unpaired) electrons. The third-order valence-corrected chi connectivity index (χ3v) is 4.47. The lowest BCUT2D eigenvalue weighted by Crippen LogP contribution is -2.23. The summed E-state index contributed by atoms with van der Waals surface area (Å²) >= 11 is 7.63. The van der Waals surface area contributed by atoms with E-state index in [4.69, 9.17) is 16.3 Å². The van der Waals surface area contributed by atoms with Crippen LogP contribution in [0, 0.1) is 6.92 Å². The number of imidazole rings is 1. The highest BCUT2D eigenvalue weighted by Gasteiger charge is 2.16. The Morgan fingerprint density at radius 1 is 1.45 bits per heavy atom. The van der Waals surface area contributed by atoms with Crippen LogP contribution in [0.4, 0.5) is 5.95 Å². The van der Waals surface area contributed by atoms with Gasteiger partial charge in [0.25, 0.3) is 0 Å². The molecule has 1 N–H and O–H groups in total.